The van der Waals surface area contributed by atoms with E-state index in [9.17, 15) is 0 Å². The van der Waals surface area contributed by atoms with Gasteiger partial charge >= 0.3 is 0 Å². The predicted molar refractivity (Wildman–Crippen MR) is 125 cm³/mol. The molecule has 0 bridgehead atoms. The molecule has 0 spiro atoms. The smallest absolute Gasteiger partial charge is 0.145 e. The first kappa shape index (κ1) is 19.2. The molecule has 0 fully saturated rings. The van der Waals surface area contributed by atoms with Crippen molar-refractivity contribution >= 4 is 44.4 Å². The van der Waals surface area contributed by atoms with Crippen LogP contribution in [0.25, 0.3) is 33.1 Å². The van der Waals surface area contributed by atoms with Crippen LogP contribution in [-0.2, 0) is 6.42 Å². The lowest BCUT2D eigenvalue weighted by Crippen LogP contribution is -1.99. The van der Waals surface area contributed by atoms with Gasteiger partial charge in [0, 0.05) is 31.1 Å². The normalized spacial score (nSPS) is 11.4. The number of aromatic amines is 1. The number of hydrogen-bond donors (Lipinski definition) is 2. The molecular formula is C23H24IN3O. The SMILES string of the molecule is COc1ccc(-c2[nH]c3ccc(I)cc3c2CCCCN)c2ccc(C)nc12. The number of halogens is 1. The Morgan fingerprint density at radius 2 is 1.93 bits per heavy atom. The molecule has 144 valence electrons. The maximum Gasteiger partial charge on any atom is 0.145 e. The van der Waals surface area contributed by atoms with Crippen LogP contribution in [0.3, 0.4) is 0 Å². The highest BCUT2D eigenvalue weighted by Gasteiger charge is 2.17. The van der Waals surface area contributed by atoms with Crippen LogP contribution in [0, 0.1) is 10.5 Å². The van der Waals surface area contributed by atoms with Gasteiger partial charge in [-0.2, -0.15) is 0 Å². The molecule has 2 aromatic carbocycles. The maximum atomic E-state index is 5.74. The van der Waals surface area contributed by atoms with Gasteiger partial charge in [-0.3, -0.25) is 0 Å². The molecule has 0 aliphatic rings. The van der Waals surface area contributed by atoms with E-state index in [1.54, 1.807) is 7.11 Å². The highest BCUT2D eigenvalue weighted by Crippen LogP contribution is 2.38. The Kier molecular flexibility index (Phi) is 5.55. The summed E-state index contributed by atoms with van der Waals surface area (Å²) in [6, 6.07) is 14.9. The van der Waals surface area contributed by atoms with Gasteiger partial charge in [-0.25, -0.2) is 4.98 Å². The van der Waals surface area contributed by atoms with Gasteiger partial charge in [-0.05, 0) is 97.3 Å². The van der Waals surface area contributed by atoms with E-state index in [4.69, 9.17) is 15.5 Å². The van der Waals surface area contributed by atoms with Crippen LogP contribution in [0.15, 0.2) is 42.5 Å². The van der Waals surface area contributed by atoms with Crippen molar-refractivity contribution in [3.05, 3.63) is 57.3 Å². The lowest BCUT2D eigenvalue weighted by atomic mass is 9.97. The number of hydrogen-bond acceptors (Lipinski definition) is 3. The number of nitrogens with zero attached hydrogens (tertiary/aromatic N) is 1. The molecule has 4 nitrogen and oxygen atoms in total. The van der Waals surface area contributed by atoms with Crippen molar-refractivity contribution in [3.63, 3.8) is 0 Å². The molecule has 2 aromatic heterocycles. The Labute approximate surface area is 178 Å². The van der Waals surface area contributed by atoms with E-state index in [2.05, 4.69) is 64.0 Å². The van der Waals surface area contributed by atoms with E-state index >= 15 is 0 Å². The molecule has 0 unspecified atom stereocenters. The zero-order valence-corrected chi connectivity index (χ0v) is 18.3. The summed E-state index contributed by atoms with van der Waals surface area (Å²) in [5.74, 6) is 0.804. The fourth-order valence-corrected chi connectivity index (χ4v) is 4.32. The van der Waals surface area contributed by atoms with Crippen molar-refractivity contribution in [2.75, 3.05) is 13.7 Å². The van der Waals surface area contributed by atoms with Crippen LogP contribution in [0.5, 0.6) is 5.75 Å². The molecule has 0 saturated heterocycles. The van der Waals surface area contributed by atoms with Gasteiger partial charge in [-0.1, -0.05) is 6.07 Å². The Balaban J connectivity index is 1.97. The monoisotopic (exact) mass is 485 g/mol. The fourth-order valence-electron chi connectivity index (χ4n) is 3.83. The third-order valence-electron chi connectivity index (χ3n) is 5.20. The summed E-state index contributed by atoms with van der Waals surface area (Å²) in [6.45, 7) is 2.73. The van der Waals surface area contributed by atoms with Crippen LogP contribution in [0.1, 0.15) is 24.1 Å². The molecule has 0 atom stereocenters. The van der Waals surface area contributed by atoms with Gasteiger partial charge in [0.05, 0.1) is 12.8 Å². The molecule has 0 amide bonds. The zero-order chi connectivity index (χ0) is 19.7. The van der Waals surface area contributed by atoms with Crippen LogP contribution in [0.4, 0.5) is 0 Å². The molecule has 0 radical (unpaired) electrons. The van der Waals surface area contributed by atoms with E-state index in [-0.39, 0.29) is 0 Å². The first-order valence-corrected chi connectivity index (χ1v) is 10.6. The molecule has 4 aromatic rings. The molecule has 0 aliphatic carbocycles. The number of methoxy groups -OCH3 is 1. The second-order valence-corrected chi connectivity index (χ2v) is 8.32. The minimum atomic E-state index is 0.726. The average Bonchev–Trinajstić information content (AvgIpc) is 3.04. The number of pyridine rings is 1. The highest BCUT2D eigenvalue weighted by atomic mass is 127. The van der Waals surface area contributed by atoms with Crippen LogP contribution >= 0.6 is 22.6 Å². The molecule has 4 rings (SSSR count). The van der Waals surface area contributed by atoms with Gasteiger partial charge in [-0.15, -0.1) is 0 Å². The first-order chi connectivity index (χ1) is 13.6. The second-order valence-electron chi connectivity index (χ2n) is 7.08. The summed E-state index contributed by atoms with van der Waals surface area (Å²) in [6.07, 6.45) is 3.10. The van der Waals surface area contributed by atoms with Gasteiger partial charge in [0.15, 0.2) is 0 Å². The fraction of sp³-hybridized carbons (Fsp3) is 0.261. The van der Waals surface area contributed by atoms with Crippen LogP contribution < -0.4 is 10.5 Å². The molecule has 5 heteroatoms. The number of aryl methyl sites for hydroxylation is 2. The minimum Gasteiger partial charge on any atom is -0.494 e. The van der Waals surface area contributed by atoms with Crippen molar-refractivity contribution in [1.82, 2.24) is 9.97 Å². The Morgan fingerprint density at radius 3 is 2.71 bits per heavy atom. The highest BCUT2D eigenvalue weighted by molar-refractivity contribution is 14.1. The predicted octanol–water partition coefficient (Wildman–Crippen LogP) is 5.59. The van der Waals surface area contributed by atoms with Gasteiger partial charge < -0.3 is 15.5 Å². The number of ether oxygens (including phenoxy) is 1. The van der Waals surface area contributed by atoms with Crippen molar-refractivity contribution in [2.24, 2.45) is 5.73 Å². The van der Waals surface area contributed by atoms with E-state index in [1.165, 1.54) is 25.7 Å². The number of benzene rings is 2. The third kappa shape index (κ3) is 3.49. The Morgan fingerprint density at radius 1 is 1.07 bits per heavy atom. The van der Waals surface area contributed by atoms with Crippen LogP contribution in [0.2, 0.25) is 0 Å². The molecule has 2 heterocycles. The number of nitrogens with two attached hydrogens (primary N) is 1. The number of fused-ring (bicyclic) bond motifs is 2. The molecular weight excluding hydrogens is 461 g/mol. The van der Waals surface area contributed by atoms with E-state index < -0.39 is 0 Å². The third-order valence-corrected chi connectivity index (χ3v) is 5.87. The number of nitrogens with one attached hydrogen (secondary N) is 1. The van der Waals surface area contributed by atoms with E-state index in [0.717, 1.165) is 53.7 Å². The number of rotatable bonds is 6. The number of unbranched alkanes of at least 4 members (excludes halogenated alkanes) is 1. The molecule has 0 saturated carbocycles. The first-order valence-electron chi connectivity index (χ1n) is 9.57. The van der Waals surface area contributed by atoms with Crippen LogP contribution in [-0.4, -0.2) is 23.6 Å². The maximum absolute atomic E-state index is 5.74. The standard InChI is InChI=1S/C23H24IN3O/c1-14-6-8-18-17(9-11-21(28-2)23(18)26-14)22-16(5-3-4-12-25)19-13-15(24)7-10-20(19)27-22/h6-11,13,27H,3-5,12,25H2,1-2H3. The minimum absolute atomic E-state index is 0.726. The van der Waals surface area contributed by atoms with Gasteiger partial charge in [0.1, 0.15) is 11.3 Å². The largest absolute Gasteiger partial charge is 0.494 e. The summed E-state index contributed by atoms with van der Waals surface area (Å²) >= 11 is 2.38. The van der Waals surface area contributed by atoms with Crippen molar-refractivity contribution in [1.29, 1.82) is 0 Å². The lowest BCUT2D eigenvalue weighted by Gasteiger charge is -2.12. The van der Waals surface area contributed by atoms with Gasteiger partial charge in [0.2, 0.25) is 0 Å². The summed E-state index contributed by atoms with van der Waals surface area (Å²) in [4.78, 5) is 8.42. The summed E-state index contributed by atoms with van der Waals surface area (Å²) < 4.78 is 6.81. The second kappa shape index (κ2) is 8.09. The molecule has 28 heavy (non-hydrogen) atoms. The van der Waals surface area contributed by atoms with Crippen molar-refractivity contribution < 1.29 is 4.74 Å². The number of aromatic nitrogens is 2. The van der Waals surface area contributed by atoms with Gasteiger partial charge in [0.25, 0.3) is 0 Å². The average molecular weight is 485 g/mol. The topological polar surface area (TPSA) is 63.9 Å². The molecule has 3 N–H and O–H groups in total. The quantitative estimate of drug-likeness (QED) is 0.277. The van der Waals surface area contributed by atoms with Crippen molar-refractivity contribution in [3.8, 4) is 17.0 Å². The summed E-state index contributed by atoms with van der Waals surface area (Å²) in [7, 11) is 1.70. The summed E-state index contributed by atoms with van der Waals surface area (Å²) in [5, 5.41) is 2.40. The lowest BCUT2D eigenvalue weighted by molar-refractivity contribution is 0.419. The summed E-state index contributed by atoms with van der Waals surface area (Å²) in [5.41, 5.74) is 12.5. The molecule has 0 aliphatic heterocycles. The Hall–Kier alpha value is -2.12. The number of H-pyrrole nitrogens is 1. The van der Waals surface area contributed by atoms with E-state index in [0.29, 0.717) is 0 Å². The van der Waals surface area contributed by atoms with E-state index in [1.807, 2.05) is 13.0 Å². The Bertz CT molecular complexity index is 1150. The zero-order valence-electron chi connectivity index (χ0n) is 16.2. The van der Waals surface area contributed by atoms with Crippen molar-refractivity contribution in [2.45, 2.75) is 26.2 Å².